The lowest BCUT2D eigenvalue weighted by Gasteiger charge is -2.35. The number of esters is 1. The van der Waals surface area contributed by atoms with Gasteiger partial charge in [0.15, 0.2) is 0 Å². The number of nitrogens with zero attached hydrogens (tertiary/aromatic N) is 2. The average Bonchev–Trinajstić information content (AvgIpc) is 2.67. The summed E-state index contributed by atoms with van der Waals surface area (Å²) in [4.78, 5) is 37.8. The van der Waals surface area contributed by atoms with Gasteiger partial charge in [-0.05, 0) is 38.5 Å². The van der Waals surface area contributed by atoms with E-state index in [1.54, 1.807) is 51.1 Å². The topological polar surface area (TPSA) is 102 Å². The number of allylic oxidation sites excluding steroid dienone is 1. The largest absolute Gasteiger partial charge is 0.459 e. The van der Waals surface area contributed by atoms with Gasteiger partial charge in [-0.1, -0.05) is 30.3 Å². The van der Waals surface area contributed by atoms with E-state index in [0.29, 0.717) is 16.9 Å². The maximum absolute atomic E-state index is 12.9. The fourth-order valence-corrected chi connectivity index (χ4v) is 3.24. The van der Waals surface area contributed by atoms with Crippen molar-refractivity contribution in [3.63, 3.8) is 0 Å². The number of anilines is 1. The zero-order valence-corrected chi connectivity index (χ0v) is 16.3. The third kappa shape index (κ3) is 4.11. The van der Waals surface area contributed by atoms with Crippen molar-refractivity contribution in [2.45, 2.75) is 32.9 Å². The van der Waals surface area contributed by atoms with Crippen molar-refractivity contribution in [3.05, 3.63) is 81.5 Å². The van der Waals surface area contributed by atoms with E-state index in [0.717, 1.165) is 0 Å². The average molecular weight is 395 g/mol. The number of rotatable bonds is 5. The Hall–Kier alpha value is -3.68. The third-order valence-corrected chi connectivity index (χ3v) is 4.48. The van der Waals surface area contributed by atoms with E-state index in [1.807, 2.05) is 6.07 Å². The summed E-state index contributed by atoms with van der Waals surface area (Å²) in [6.07, 6.45) is -0.364. The minimum atomic E-state index is -0.867. The van der Waals surface area contributed by atoms with Crippen LogP contribution in [0.2, 0.25) is 0 Å². The fourth-order valence-electron chi connectivity index (χ4n) is 3.24. The van der Waals surface area contributed by atoms with Gasteiger partial charge in [0.2, 0.25) is 0 Å². The van der Waals surface area contributed by atoms with Crippen molar-refractivity contribution in [1.29, 1.82) is 0 Å². The van der Waals surface area contributed by atoms with E-state index in [9.17, 15) is 19.7 Å². The van der Waals surface area contributed by atoms with Gasteiger partial charge < -0.3 is 10.1 Å². The van der Waals surface area contributed by atoms with Crippen molar-refractivity contribution in [2.24, 2.45) is 0 Å². The second-order valence-corrected chi connectivity index (χ2v) is 6.86. The van der Waals surface area contributed by atoms with E-state index in [1.165, 1.54) is 23.1 Å². The second kappa shape index (κ2) is 8.14. The number of ether oxygens (including phenoxy) is 1. The summed E-state index contributed by atoms with van der Waals surface area (Å²) in [5.41, 5.74) is 1.52. The quantitative estimate of drug-likeness (QED) is 0.467. The number of urea groups is 1. The van der Waals surface area contributed by atoms with Crippen LogP contribution in [0.5, 0.6) is 0 Å². The molecule has 2 aromatic carbocycles. The van der Waals surface area contributed by atoms with E-state index in [-0.39, 0.29) is 17.4 Å². The van der Waals surface area contributed by atoms with Crippen LogP contribution in [0.15, 0.2) is 65.9 Å². The number of nitro benzene ring substituents is 1. The Morgan fingerprint density at radius 3 is 2.48 bits per heavy atom. The molecule has 1 aliphatic rings. The molecule has 150 valence electrons. The molecule has 0 saturated heterocycles. The lowest BCUT2D eigenvalue weighted by atomic mass is 9.94. The van der Waals surface area contributed by atoms with Crippen molar-refractivity contribution in [3.8, 4) is 0 Å². The Morgan fingerprint density at radius 2 is 1.86 bits per heavy atom. The van der Waals surface area contributed by atoms with E-state index < -0.39 is 23.0 Å². The second-order valence-electron chi connectivity index (χ2n) is 6.86. The summed E-state index contributed by atoms with van der Waals surface area (Å²) in [6.45, 7) is 5.12. The Bertz CT molecular complexity index is 985. The molecule has 2 aromatic rings. The van der Waals surface area contributed by atoms with Crippen LogP contribution in [0.3, 0.4) is 0 Å². The molecule has 0 saturated carbocycles. The van der Waals surface area contributed by atoms with Gasteiger partial charge in [0, 0.05) is 17.8 Å². The molecule has 1 aliphatic heterocycles. The van der Waals surface area contributed by atoms with Crippen LogP contribution >= 0.6 is 0 Å². The first-order valence-corrected chi connectivity index (χ1v) is 9.11. The predicted molar refractivity (Wildman–Crippen MR) is 107 cm³/mol. The molecule has 0 aromatic heterocycles. The standard InChI is InChI=1S/C21H21N3O5/c1-13(2)29-20(25)18-14(3)23(16-9-5-4-6-10-16)21(26)22-19(18)15-8-7-11-17(12-15)24(27)28/h4-13,19H,1-3H3,(H,22,26)/t19-/m1/s1. The van der Waals surface area contributed by atoms with Gasteiger partial charge in [-0.3, -0.25) is 15.0 Å². The molecule has 1 heterocycles. The Balaban J connectivity index is 2.14. The number of non-ortho nitro benzene ring substituents is 1. The molecule has 0 radical (unpaired) electrons. The number of benzene rings is 2. The van der Waals surface area contributed by atoms with Crippen molar-refractivity contribution in [2.75, 3.05) is 4.90 Å². The normalized spacial score (nSPS) is 16.6. The molecule has 2 amide bonds. The molecular formula is C21H21N3O5. The summed E-state index contributed by atoms with van der Waals surface area (Å²) in [6, 6.07) is 13.4. The minimum absolute atomic E-state index is 0.128. The van der Waals surface area contributed by atoms with Gasteiger partial charge in [0.25, 0.3) is 5.69 Å². The summed E-state index contributed by atoms with van der Waals surface area (Å²) < 4.78 is 5.40. The van der Waals surface area contributed by atoms with Crippen LogP contribution in [0.1, 0.15) is 32.4 Å². The van der Waals surface area contributed by atoms with Crippen molar-refractivity contribution >= 4 is 23.4 Å². The van der Waals surface area contributed by atoms with Gasteiger partial charge in [0.1, 0.15) is 0 Å². The van der Waals surface area contributed by atoms with E-state index in [2.05, 4.69) is 5.32 Å². The van der Waals surface area contributed by atoms with Crippen LogP contribution in [0, 0.1) is 10.1 Å². The molecule has 8 heteroatoms. The summed E-state index contributed by atoms with van der Waals surface area (Å²) in [5, 5.41) is 14.0. The third-order valence-electron chi connectivity index (χ3n) is 4.48. The van der Waals surface area contributed by atoms with Gasteiger partial charge in [0.05, 0.1) is 28.3 Å². The van der Waals surface area contributed by atoms with Crippen LogP contribution in [0.4, 0.5) is 16.2 Å². The van der Waals surface area contributed by atoms with Crippen LogP contribution < -0.4 is 10.2 Å². The highest BCUT2D eigenvalue weighted by molar-refractivity contribution is 6.03. The van der Waals surface area contributed by atoms with Crippen LogP contribution in [-0.2, 0) is 9.53 Å². The lowest BCUT2D eigenvalue weighted by Crippen LogP contribution is -2.48. The van der Waals surface area contributed by atoms with Crippen LogP contribution in [-0.4, -0.2) is 23.0 Å². The number of amides is 2. The Labute approximate surface area is 167 Å². The predicted octanol–water partition coefficient (Wildman–Crippen LogP) is 4.09. The first kappa shape index (κ1) is 20.1. The highest BCUT2D eigenvalue weighted by Gasteiger charge is 2.37. The van der Waals surface area contributed by atoms with Crippen LogP contribution in [0.25, 0.3) is 0 Å². The maximum Gasteiger partial charge on any atom is 0.338 e. The summed E-state index contributed by atoms with van der Waals surface area (Å²) in [7, 11) is 0. The highest BCUT2D eigenvalue weighted by Crippen LogP contribution is 2.35. The SMILES string of the molecule is CC1=C(C(=O)OC(C)C)[C@@H](c2cccc([N+](=O)[O-])c2)NC(=O)N1c1ccccc1. The first-order chi connectivity index (χ1) is 13.8. The fraction of sp³-hybridized carbons (Fsp3) is 0.238. The maximum atomic E-state index is 12.9. The Morgan fingerprint density at radius 1 is 1.17 bits per heavy atom. The summed E-state index contributed by atoms with van der Waals surface area (Å²) >= 11 is 0. The molecule has 0 aliphatic carbocycles. The monoisotopic (exact) mass is 395 g/mol. The first-order valence-electron chi connectivity index (χ1n) is 9.11. The zero-order chi connectivity index (χ0) is 21.1. The molecule has 8 nitrogen and oxygen atoms in total. The van der Waals surface area contributed by atoms with Crippen molar-refractivity contribution < 1.29 is 19.2 Å². The lowest BCUT2D eigenvalue weighted by molar-refractivity contribution is -0.384. The number of carbonyl (C=O) groups is 2. The molecule has 1 atom stereocenters. The molecule has 1 N–H and O–H groups in total. The summed E-state index contributed by atoms with van der Waals surface area (Å²) in [5.74, 6) is -0.588. The Kier molecular flexibility index (Phi) is 5.63. The van der Waals surface area contributed by atoms with E-state index in [4.69, 9.17) is 4.74 Å². The van der Waals surface area contributed by atoms with Gasteiger partial charge in [-0.25, -0.2) is 9.59 Å². The highest BCUT2D eigenvalue weighted by atomic mass is 16.6. The molecule has 0 unspecified atom stereocenters. The zero-order valence-electron chi connectivity index (χ0n) is 16.3. The molecular weight excluding hydrogens is 374 g/mol. The van der Waals surface area contributed by atoms with E-state index >= 15 is 0 Å². The number of hydrogen-bond donors (Lipinski definition) is 1. The number of nitrogens with one attached hydrogen (secondary N) is 1. The molecule has 29 heavy (non-hydrogen) atoms. The van der Waals surface area contributed by atoms with Crippen molar-refractivity contribution in [1.82, 2.24) is 5.32 Å². The van der Waals surface area contributed by atoms with Gasteiger partial charge in [-0.15, -0.1) is 0 Å². The number of carbonyl (C=O) groups excluding carboxylic acids is 2. The van der Waals surface area contributed by atoms with Gasteiger partial charge in [-0.2, -0.15) is 0 Å². The molecule has 0 fully saturated rings. The minimum Gasteiger partial charge on any atom is -0.459 e. The molecule has 3 rings (SSSR count). The molecule has 0 spiro atoms. The number of hydrogen-bond acceptors (Lipinski definition) is 5. The van der Waals surface area contributed by atoms with Gasteiger partial charge >= 0.3 is 12.0 Å². The molecule has 0 bridgehead atoms. The smallest absolute Gasteiger partial charge is 0.338 e. The number of para-hydroxylation sites is 1. The number of nitro groups is 1.